The Kier molecular flexibility index (Phi) is 6.96. The van der Waals surface area contributed by atoms with Crippen molar-refractivity contribution in [3.8, 4) is 0 Å². The Morgan fingerprint density at radius 1 is 1.59 bits per heavy atom. The van der Waals surface area contributed by atoms with E-state index in [2.05, 4.69) is 10.3 Å². The molecule has 0 aliphatic carbocycles. The molecule has 1 aliphatic rings. The van der Waals surface area contributed by atoms with Crippen LogP contribution in [0.4, 0.5) is 0 Å². The third-order valence-electron chi connectivity index (χ3n) is 2.54. The summed E-state index contributed by atoms with van der Waals surface area (Å²) in [4.78, 5) is 4.21. The van der Waals surface area contributed by atoms with Gasteiger partial charge >= 0.3 is 0 Å². The van der Waals surface area contributed by atoms with Crippen molar-refractivity contribution in [1.82, 2.24) is 5.32 Å². The highest BCUT2D eigenvalue weighted by Gasteiger charge is 2.14. The van der Waals surface area contributed by atoms with Gasteiger partial charge in [-0.25, -0.2) is 0 Å². The Morgan fingerprint density at radius 2 is 2.41 bits per heavy atom. The number of rotatable bonds is 7. The molecule has 0 saturated carbocycles. The van der Waals surface area contributed by atoms with Gasteiger partial charge in [0, 0.05) is 31.7 Å². The number of ether oxygens (including phenoxy) is 2. The van der Waals surface area contributed by atoms with Gasteiger partial charge in [-0.15, -0.1) is 0 Å². The molecule has 1 atom stereocenters. The number of nitrogens with zero attached hydrogens (tertiary/aromatic N) is 1. The van der Waals surface area contributed by atoms with Crippen LogP contribution in [0.15, 0.2) is 4.99 Å². The van der Waals surface area contributed by atoms with Gasteiger partial charge in [0.2, 0.25) is 0 Å². The third kappa shape index (κ3) is 7.18. The molecule has 1 unspecified atom stereocenters. The molecule has 0 aromatic carbocycles. The number of hydrogen-bond donors (Lipinski definition) is 2. The molecule has 1 saturated heterocycles. The molecule has 3 N–H and O–H groups in total. The average Bonchev–Trinajstić information content (AvgIpc) is 2.75. The second kappa shape index (κ2) is 8.31. The normalized spacial score (nSPS) is 21.1. The average molecular weight is 243 g/mol. The predicted octanol–water partition coefficient (Wildman–Crippen LogP) is 0.742. The van der Waals surface area contributed by atoms with Gasteiger partial charge in [-0.3, -0.25) is 4.99 Å². The summed E-state index contributed by atoms with van der Waals surface area (Å²) < 4.78 is 10.8. The highest BCUT2D eigenvalue weighted by atomic mass is 16.5. The van der Waals surface area contributed by atoms with E-state index >= 15 is 0 Å². The Morgan fingerprint density at radius 3 is 3.06 bits per heavy atom. The summed E-state index contributed by atoms with van der Waals surface area (Å²) >= 11 is 0. The monoisotopic (exact) mass is 243 g/mol. The van der Waals surface area contributed by atoms with Gasteiger partial charge in [-0.05, 0) is 26.7 Å². The quantitative estimate of drug-likeness (QED) is 0.393. The van der Waals surface area contributed by atoms with Crippen molar-refractivity contribution in [2.45, 2.75) is 32.7 Å². The van der Waals surface area contributed by atoms with Crippen LogP contribution in [0.2, 0.25) is 0 Å². The number of guanidine groups is 1. The molecule has 1 rings (SSSR count). The van der Waals surface area contributed by atoms with Gasteiger partial charge < -0.3 is 20.5 Å². The Hall–Kier alpha value is -0.810. The molecule has 100 valence electrons. The van der Waals surface area contributed by atoms with Gasteiger partial charge in [0.25, 0.3) is 0 Å². The van der Waals surface area contributed by atoms with Crippen LogP contribution < -0.4 is 11.1 Å². The van der Waals surface area contributed by atoms with Crippen molar-refractivity contribution < 1.29 is 9.47 Å². The van der Waals surface area contributed by atoms with Gasteiger partial charge in [0.05, 0.1) is 13.2 Å². The van der Waals surface area contributed by atoms with Crippen molar-refractivity contribution >= 4 is 5.96 Å². The van der Waals surface area contributed by atoms with Gasteiger partial charge in [-0.2, -0.15) is 0 Å². The minimum atomic E-state index is 0.331. The van der Waals surface area contributed by atoms with E-state index in [1.54, 1.807) is 0 Å². The maximum atomic E-state index is 5.67. The molecule has 5 nitrogen and oxygen atoms in total. The molecule has 0 aromatic heterocycles. The Labute approximate surface area is 104 Å². The minimum absolute atomic E-state index is 0.331. The summed E-state index contributed by atoms with van der Waals surface area (Å²) in [5.74, 6) is 1.11. The molecule has 0 aromatic rings. The lowest BCUT2D eigenvalue weighted by Crippen LogP contribution is -2.36. The second-order valence-corrected chi connectivity index (χ2v) is 4.72. The molecule has 0 spiro atoms. The zero-order valence-corrected chi connectivity index (χ0v) is 10.9. The van der Waals surface area contributed by atoms with E-state index in [0.717, 1.165) is 39.3 Å². The Bertz CT molecular complexity index is 226. The van der Waals surface area contributed by atoms with Crippen LogP contribution >= 0.6 is 0 Å². The van der Waals surface area contributed by atoms with Crippen LogP contribution in [0.1, 0.15) is 26.7 Å². The topological polar surface area (TPSA) is 68.9 Å². The molecule has 1 heterocycles. The summed E-state index contributed by atoms with van der Waals surface area (Å²) in [6.45, 7) is 8.08. The zero-order chi connectivity index (χ0) is 12.5. The fourth-order valence-corrected chi connectivity index (χ4v) is 1.67. The molecule has 1 aliphatic heterocycles. The number of nitrogens with two attached hydrogens (primary N) is 1. The van der Waals surface area contributed by atoms with Crippen LogP contribution in [0, 0.1) is 5.92 Å². The molecule has 0 amide bonds. The van der Waals surface area contributed by atoms with Gasteiger partial charge in [0.15, 0.2) is 5.96 Å². The smallest absolute Gasteiger partial charge is 0.188 e. The number of hydrogen-bond acceptors (Lipinski definition) is 3. The summed E-state index contributed by atoms with van der Waals surface area (Å²) in [5.41, 5.74) is 5.67. The first-order valence-electron chi connectivity index (χ1n) is 6.40. The maximum absolute atomic E-state index is 5.67. The molecule has 17 heavy (non-hydrogen) atoms. The number of aliphatic imine (C=N–C) groups is 1. The minimum Gasteiger partial charge on any atom is -0.381 e. The zero-order valence-electron chi connectivity index (χ0n) is 10.9. The lowest BCUT2D eigenvalue weighted by molar-refractivity contribution is 0.0893. The molecule has 0 radical (unpaired) electrons. The first-order chi connectivity index (χ1) is 8.18. The van der Waals surface area contributed by atoms with E-state index in [9.17, 15) is 0 Å². The standard InChI is InChI=1S/C12H25N3O2/c1-10(2)15-12(13)14-5-3-6-16-8-11-4-7-17-9-11/h10-11H,3-9H2,1-2H3,(H3,13,14,15). The van der Waals surface area contributed by atoms with Crippen molar-refractivity contribution in [3.05, 3.63) is 0 Å². The summed E-state index contributed by atoms with van der Waals surface area (Å²) in [6.07, 6.45) is 2.04. The van der Waals surface area contributed by atoms with E-state index in [1.807, 2.05) is 13.8 Å². The Balaban J connectivity index is 1.92. The lowest BCUT2D eigenvalue weighted by Gasteiger charge is -2.09. The van der Waals surface area contributed by atoms with Gasteiger partial charge in [-0.1, -0.05) is 0 Å². The van der Waals surface area contributed by atoms with Crippen LogP contribution in [-0.2, 0) is 9.47 Å². The third-order valence-corrected chi connectivity index (χ3v) is 2.54. The number of nitrogens with one attached hydrogen (secondary N) is 1. The maximum Gasteiger partial charge on any atom is 0.188 e. The van der Waals surface area contributed by atoms with Crippen molar-refractivity contribution in [2.75, 3.05) is 33.0 Å². The highest BCUT2D eigenvalue weighted by molar-refractivity contribution is 5.77. The van der Waals surface area contributed by atoms with E-state index < -0.39 is 0 Å². The van der Waals surface area contributed by atoms with Crippen LogP contribution in [0.5, 0.6) is 0 Å². The van der Waals surface area contributed by atoms with E-state index in [1.165, 1.54) is 0 Å². The van der Waals surface area contributed by atoms with E-state index in [-0.39, 0.29) is 0 Å². The molecule has 1 fully saturated rings. The second-order valence-electron chi connectivity index (χ2n) is 4.72. The van der Waals surface area contributed by atoms with Crippen molar-refractivity contribution in [2.24, 2.45) is 16.6 Å². The predicted molar refractivity (Wildman–Crippen MR) is 69.1 cm³/mol. The highest BCUT2D eigenvalue weighted by Crippen LogP contribution is 2.12. The molecule has 5 heteroatoms. The largest absolute Gasteiger partial charge is 0.381 e. The lowest BCUT2D eigenvalue weighted by atomic mass is 10.1. The fourth-order valence-electron chi connectivity index (χ4n) is 1.67. The SMILES string of the molecule is CC(C)NC(N)=NCCCOCC1CCOC1. The molecule has 0 bridgehead atoms. The molecular weight excluding hydrogens is 218 g/mol. The van der Waals surface area contributed by atoms with E-state index in [0.29, 0.717) is 24.5 Å². The molecular formula is C12H25N3O2. The van der Waals surface area contributed by atoms with Crippen LogP contribution in [0.25, 0.3) is 0 Å². The van der Waals surface area contributed by atoms with Crippen molar-refractivity contribution in [1.29, 1.82) is 0 Å². The first kappa shape index (κ1) is 14.3. The van der Waals surface area contributed by atoms with Gasteiger partial charge in [0.1, 0.15) is 0 Å². The fraction of sp³-hybridized carbons (Fsp3) is 0.917. The van der Waals surface area contributed by atoms with Crippen LogP contribution in [0.3, 0.4) is 0 Å². The van der Waals surface area contributed by atoms with Crippen molar-refractivity contribution in [3.63, 3.8) is 0 Å². The summed E-state index contributed by atoms with van der Waals surface area (Å²) in [6, 6.07) is 0.331. The summed E-state index contributed by atoms with van der Waals surface area (Å²) in [5, 5.41) is 3.05. The summed E-state index contributed by atoms with van der Waals surface area (Å²) in [7, 11) is 0. The first-order valence-corrected chi connectivity index (χ1v) is 6.40. The van der Waals surface area contributed by atoms with E-state index in [4.69, 9.17) is 15.2 Å². The van der Waals surface area contributed by atoms with Crippen LogP contribution in [-0.4, -0.2) is 45.0 Å².